The van der Waals surface area contributed by atoms with E-state index in [0.717, 1.165) is 19.2 Å². The third-order valence-corrected chi connectivity index (χ3v) is 3.63. The molecule has 0 saturated carbocycles. The van der Waals surface area contributed by atoms with E-state index in [9.17, 15) is 22.8 Å². The van der Waals surface area contributed by atoms with E-state index in [1.807, 2.05) is 0 Å². The van der Waals surface area contributed by atoms with Crippen LogP contribution in [0.2, 0.25) is 0 Å². The van der Waals surface area contributed by atoms with Crippen molar-refractivity contribution in [2.75, 3.05) is 12.4 Å². The number of halogens is 3. The Labute approximate surface area is 133 Å². The molecule has 2 rings (SSSR count). The van der Waals surface area contributed by atoms with Crippen LogP contribution in [-0.2, 0) is 10.9 Å². The number of hydrogen-bond acceptors (Lipinski definition) is 5. The number of methoxy groups -OCH3 is 1. The van der Waals surface area contributed by atoms with Gasteiger partial charge in [-0.3, -0.25) is 4.79 Å². The van der Waals surface area contributed by atoms with Gasteiger partial charge in [0.1, 0.15) is 5.69 Å². The Morgan fingerprint density at radius 1 is 1.30 bits per heavy atom. The minimum absolute atomic E-state index is 0.0562. The van der Waals surface area contributed by atoms with Gasteiger partial charge in [0.2, 0.25) is 0 Å². The van der Waals surface area contributed by atoms with Crippen molar-refractivity contribution in [1.29, 1.82) is 0 Å². The lowest BCUT2D eigenvalue weighted by atomic mass is 10.1. The van der Waals surface area contributed by atoms with E-state index in [1.165, 1.54) is 16.7 Å². The predicted octanol–water partition coefficient (Wildman–Crippen LogP) is 3.51. The fourth-order valence-electron chi connectivity index (χ4n) is 1.77. The number of carbonyl (C=O) groups is 2. The van der Waals surface area contributed by atoms with Crippen molar-refractivity contribution in [3.05, 3.63) is 45.4 Å². The summed E-state index contributed by atoms with van der Waals surface area (Å²) in [5, 5.41) is 4.37. The maximum absolute atomic E-state index is 12.8. The van der Waals surface area contributed by atoms with Gasteiger partial charge in [0.25, 0.3) is 5.91 Å². The van der Waals surface area contributed by atoms with Gasteiger partial charge >= 0.3 is 12.1 Å². The molecule has 0 atom stereocenters. The number of amides is 1. The van der Waals surface area contributed by atoms with Crippen molar-refractivity contribution >= 4 is 28.9 Å². The number of rotatable bonds is 3. The van der Waals surface area contributed by atoms with Gasteiger partial charge in [-0.2, -0.15) is 13.2 Å². The number of hydrogen-bond donors (Lipinski definition) is 1. The minimum Gasteiger partial charge on any atom is -0.465 e. The summed E-state index contributed by atoms with van der Waals surface area (Å²) in [5.41, 5.74) is -1.40. The zero-order valence-corrected chi connectivity index (χ0v) is 12.8. The van der Waals surface area contributed by atoms with E-state index in [4.69, 9.17) is 0 Å². The molecule has 5 nitrogen and oxygen atoms in total. The van der Waals surface area contributed by atoms with Gasteiger partial charge in [-0.05, 0) is 25.1 Å². The van der Waals surface area contributed by atoms with Crippen LogP contribution in [0.5, 0.6) is 0 Å². The van der Waals surface area contributed by atoms with Gasteiger partial charge in [-0.15, -0.1) is 11.3 Å². The Bertz CT molecular complexity index is 756. The molecule has 0 aliphatic carbocycles. The van der Waals surface area contributed by atoms with Crippen LogP contribution in [0.15, 0.2) is 23.6 Å². The van der Waals surface area contributed by atoms with E-state index in [2.05, 4.69) is 15.0 Å². The molecule has 1 amide bonds. The number of esters is 1. The number of anilines is 1. The third kappa shape index (κ3) is 3.86. The minimum atomic E-state index is -4.61. The second-order valence-corrected chi connectivity index (χ2v) is 5.52. The average molecular weight is 344 g/mol. The van der Waals surface area contributed by atoms with Gasteiger partial charge in [0.15, 0.2) is 0 Å². The van der Waals surface area contributed by atoms with Crippen molar-refractivity contribution in [2.24, 2.45) is 0 Å². The van der Waals surface area contributed by atoms with Gasteiger partial charge in [0, 0.05) is 5.38 Å². The smallest absolute Gasteiger partial charge is 0.416 e. The normalized spacial score (nSPS) is 11.2. The number of benzene rings is 1. The molecule has 2 aromatic rings. The molecule has 0 radical (unpaired) electrons. The number of nitrogens with one attached hydrogen (secondary N) is 1. The monoisotopic (exact) mass is 344 g/mol. The van der Waals surface area contributed by atoms with E-state index in [0.29, 0.717) is 11.1 Å². The van der Waals surface area contributed by atoms with Gasteiger partial charge in [-0.1, -0.05) is 0 Å². The molecule has 0 aliphatic heterocycles. The van der Waals surface area contributed by atoms with Crippen LogP contribution in [0.1, 0.15) is 31.4 Å². The van der Waals surface area contributed by atoms with Crippen LogP contribution < -0.4 is 5.32 Å². The van der Waals surface area contributed by atoms with Gasteiger partial charge in [-0.25, -0.2) is 9.78 Å². The Hall–Kier alpha value is -2.42. The molecule has 1 aromatic heterocycles. The lowest BCUT2D eigenvalue weighted by molar-refractivity contribution is -0.137. The molecular weight excluding hydrogens is 333 g/mol. The maximum Gasteiger partial charge on any atom is 0.416 e. The molecule has 122 valence electrons. The average Bonchev–Trinajstić information content (AvgIpc) is 2.92. The summed E-state index contributed by atoms with van der Waals surface area (Å²) in [6.07, 6.45) is -4.61. The highest BCUT2D eigenvalue weighted by Crippen LogP contribution is 2.32. The van der Waals surface area contributed by atoms with Crippen molar-refractivity contribution in [3.63, 3.8) is 0 Å². The molecule has 9 heteroatoms. The predicted molar refractivity (Wildman–Crippen MR) is 77.6 cm³/mol. The zero-order chi connectivity index (χ0) is 17.2. The highest BCUT2D eigenvalue weighted by molar-refractivity contribution is 7.09. The second-order valence-electron chi connectivity index (χ2n) is 4.46. The summed E-state index contributed by atoms with van der Waals surface area (Å²) in [6, 6.07) is 2.38. The van der Waals surface area contributed by atoms with Crippen LogP contribution in [0.25, 0.3) is 0 Å². The maximum atomic E-state index is 12.8. The molecule has 0 unspecified atom stereocenters. The number of thiazole rings is 1. The lowest BCUT2D eigenvalue weighted by Crippen LogP contribution is -2.17. The van der Waals surface area contributed by atoms with E-state index in [-0.39, 0.29) is 16.9 Å². The first kappa shape index (κ1) is 16.9. The second kappa shape index (κ2) is 6.37. The number of carbonyl (C=O) groups excluding carboxylic acids is 2. The SMILES string of the molecule is COC(=O)c1ccc(C(F)(F)F)cc1NC(=O)c1csc(C)n1. The summed E-state index contributed by atoms with van der Waals surface area (Å²) in [6.45, 7) is 1.69. The van der Waals surface area contributed by atoms with Gasteiger partial charge in [0.05, 0.1) is 28.9 Å². The Balaban J connectivity index is 2.40. The summed E-state index contributed by atoms with van der Waals surface area (Å²) in [5.74, 6) is -1.57. The third-order valence-electron chi connectivity index (χ3n) is 2.85. The quantitative estimate of drug-likeness (QED) is 0.865. The fourth-order valence-corrected chi connectivity index (χ4v) is 2.36. The van der Waals surface area contributed by atoms with Crippen LogP contribution in [0.3, 0.4) is 0 Å². The molecule has 1 N–H and O–H groups in total. The standard InChI is InChI=1S/C14H11F3N2O3S/c1-7-18-11(6-23-7)12(20)19-10-5-8(14(15,16)17)3-4-9(10)13(21)22-2/h3-6H,1-2H3,(H,19,20). The summed E-state index contributed by atoms with van der Waals surface area (Å²) >= 11 is 1.22. The first-order chi connectivity index (χ1) is 10.7. The number of aryl methyl sites for hydroxylation is 1. The van der Waals surface area contributed by atoms with E-state index in [1.54, 1.807) is 6.92 Å². The van der Waals surface area contributed by atoms with Crippen LogP contribution in [-0.4, -0.2) is 24.0 Å². The molecule has 1 aromatic carbocycles. The molecule has 0 fully saturated rings. The first-order valence-corrected chi connectivity index (χ1v) is 7.13. The van der Waals surface area contributed by atoms with Crippen LogP contribution in [0.4, 0.5) is 18.9 Å². The Morgan fingerprint density at radius 2 is 2.00 bits per heavy atom. The molecule has 1 heterocycles. The van der Waals surface area contributed by atoms with Crippen molar-refractivity contribution in [1.82, 2.24) is 4.98 Å². The Kier molecular flexibility index (Phi) is 4.69. The summed E-state index contributed by atoms with van der Waals surface area (Å²) in [4.78, 5) is 27.6. The van der Waals surface area contributed by atoms with E-state index >= 15 is 0 Å². The molecule has 0 bridgehead atoms. The molecular formula is C14H11F3N2O3S. The molecule has 23 heavy (non-hydrogen) atoms. The molecule has 0 saturated heterocycles. The van der Waals surface area contributed by atoms with Gasteiger partial charge < -0.3 is 10.1 Å². The first-order valence-electron chi connectivity index (χ1n) is 6.25. The Morgan fingerprint density at radius 3 is 2.52 bits per heavy atom. The molecule has 0 spiro atoms. The van der Waals surface area contributed by atoms with Crippen molar-refractivity contribution in [2.45, 2.75) is 13.1 Å². The highest BCUT2D eigenvalue weighted by atomic mass is 32.1. The topological polar surface area (TPSA) is 68.3 Å². The molecule has 0 aliphatic rings. The van der Waals surface area contributed by atoms with Crippen LogP contribution >= 0.6 is 11.3 Å². The number of nitrogens with zero attached hydrogens (tertiary/aromatic N) is 1. The number of ether oxygens (including phenoxy) is 1. The van der Waals surface area contributed by atoms with Crippen molar-refractivity contribution < 1.29 is 27.5 Å². The largest absolute Gasteiger partial charge is 0.465 e. The van der Waals surface area contributed by atoms with E-state index < -0.39 is 23.6 Å². The number of alkyl halides is 3. The highest BCUT2D eigenvalue weighted by Gasteiger charge is 2.32. The van der Waals surface area contributed by atoms with Crippen LogP contribution in [0, 0.1) is 6.92 Å². The fraction of sp³-hybridized carbons (Fsp3) is 0.214. The summed E-state index contributed by atoms with van der Waals surface area (Å²) < 4.78 is 42.9. The van der Waals surface area contributed by atoms with Crippen molar-refractivity contribution in [3.8, 4) is 0 Å². The summed E-state index contributed by atoms with van der Waals surface area (Å²) in [7, 11) is 1.09. The number of aromatic nitrogens is 1. The zero-order valence-electron chi connectivity index (χ0n) is 12.0. The lowest BCUT2D eigenvalue weighted by Gasteiger charge is -2.13.